The number of benzene rings is 2. The molecule has 2 aromatic carbocycles. The summed E-state index contributed by atoms with van der Waals surface area (Å²) < 4.78 is 1.51. The molecule has 0 radical (unpaired) electrons. The van der Waals surface area contributed by atoms with Crippen LogP contribution >= 0.6 is 0 Å². The summed E-state index contributed by atoms with van der Waals surface area (Å²) in [7, 11) is 0. The van der Waals surface area contributed by atoms with E-state index in [-0.39, 0.29) is 35.6 Å². The van der Waals surface area contributed by atoms with Gasteiger partial charge in [0.25, 0.3) is 0 Å². The van der Waals surface area contributed by atoms with E-state index in [0.717, 1.165) is 6.42 Å². The Morgan fingerprint density at radius 3 is 1.87 bits per heavy atom. The minimum atomic E-state index is 0. The normalized spacial score (nSPS) is 15.3. The summed E-state index contributed by atoms with van der Waals surface area (Å²) in [6, 6.07) is 15.2. The van der Waals surface area contributed by atoms with Gasteiger partial charge in [-0.1, -0.05) is 117 Å². The smallest absolute Gasteiger partial charge is 1.00 e. The summed E-state index contributed by atoms with van der Waals surface area (Å²) in [6.07, 6.45) is 11.4. The van der Waals surface area contributed by atoms with Gasteiger partial charge in [0.2, 0.25) is 0 Å². The van der Waals surface area contributed by atoms with Gasteiger partial charge in [0.15, 0.2) is 0 Å². The maximum Gasteiger partial charge on any atom is -1.00 e. The minimum absolute atomic E-state index is 0. The molecule has 1 unspecified atom stereocenters. The number of hydrogen-bond donors (Lipinski definition) is 0. The van der Waals surface area contributed by atoms with E-state index < -0.39 is 0 Å². The first-order valence-corrected chi connectivity index (χ1v) is 15.2. The van der Waals surface area contributed by atoms with Crippen molar-refractivity contribution in [2.24, 2.45) is 11.3 Å². The Balaban J connectivity index is 0.000000687. The Bertz CT molecular complexity index is 1080. The van der Waals surface area contributed by atoms with Gasteiger partial charge in [0, 0.05) is 0 Å². The quantitative estimate of drug-likeness (QED) is 0.368. The predicted molar refractivity (Wildman–Crippen MR) is 161 cm³/mol. The van der Waals surface area contributed by atoms with Crippen molar-refractivity contribution >= 4 is 3.21 Å². The molecule has 0 heterocycles. The van der Waals surface area contributed by atoms with Crippen LogP contribution in [0.5, 0.6) is 0 Å². The zero-order valence-corrected chi connectivity index (χ0v) is 30.5. The average molecular weight is 645 g/mol. The van der Waals surface area contributed by atoms with Crippen LogP contribution in [0.15, 0.2) is 48.1 Å². The van der Waals surface area contributed by atoms with Crippen molar-refractivity contribution in [2.75, 3.05) is 0 Å². The van der Waals surface area contributed by atoms with Gasteiger partial charge in [-0.15, -0.1) is 11.1 Å². The monoisotopic (exact) mass is 642 g/mol. The maximum absolute atomic E-state index is 3.67. The molecule has 2 aliphatic rings. The van der Waals surface area contributed by atoms with Crippen molar-refractivity contribution < 1.29 is 49.0 Å². The largest absolute Gasteiger partial charge is 1.00 e. The Morgan fingerprint density at radius 1 is 0.846 bits per heavy atom. The van der Waals surface area contributed by atoms with Crippen LogP contribution < -0.4 is 24.8 Å². The minimum Gasteiger partial charge on any atom is -1.00 e. The van der Waals surface area contributed by atoms with Crippen molar-refractivity contribution in [1.29, 1.82) is 0 Å². The van der Waals surface area contributed by atoms with Gasteiger partial charge in [-0.05, 0) is 28.4 Å². The molecule has 0 nitrogen and oxygen atoms in total. The van der Waals surface area contributed by atoms with Crippen LogP contribution in [-0.2, 0) is 41.5 Å². The molecule has 1 atom stereocenters. The van der Waals surface area contributed by atoms with Gasteiger partial charge in [-0.3, -0.25) is 6.08 Å². The molecule has 3 heteroatoms. The van der Waals surface area contributed by atoms with Gasteiger partial charge in [-0.2, -0.15) is 35.4 Å². The number of rotatable bonds is 2. The van der Waals surface area contributed by atoms with Crippen LogP contribution in [0, 0.1) is 23.5 Å². The molecule has 0 bridgehead atoms. The van der Waals surface area contributed by atoms with Gasteiger partial charge in [0.1, 0.15) is 0 Å². The van der Waals surface area contributed by atoms with Crippen molar-refractivity contribution in [3.05, 3.63) is 82.5 Å². The van der Waals surface area contributed by atoms with Gasteiger partial charge in [0.05, 0.1) is 0 Å². The molecule has 214 valence electrons. The fourth-order valence-electron chi connectivity index (χ4n) is 4.48. The fourth-order valence-corrected chi connectivity index (χ4v) is 4.48. The first-order chi connectivity index (χ1) is 16.9. The third kappa shape index (κ3) is 11.6. The van der Waals surface area contributed by atoms with Crippen LogP contribution in [0.1, 0.15) is 118 Å². The second-order valence-electron chi connectivity index (χ2n) is 13.9. The molecule has 0 spiro atoms. The summed E-state index contributed by atoms with van der Waals surface area (Å²) in [6.45, 7) is 26.8. The van der Waals surface area contributed by atoms with Crippen molar-refractivity contribution in [3.63, 3.8) is 0 Å². The SMILES string of the molecule is CC(C)(C)c1[c-]c2c(cc1)-c1ccc(C(C)(C)C)cc1C2.CCCC1[C-]=CC(C(C)(C)C)=C1.C[C](C)=[Zr+2].[Cl-].[Cl-]. The van der Waals surface area contributed by atoms with Gasteiger partial charge >= 0.3 is 41.3 Å². The first-order valence-electron chi connectivity index (χ1n) is 14.0. The number of fused-ring (bicyclic) bond motifs is 3. The second kappa shape index (κ2) is 15.5. The topological polar surface area (TPSA) is 0 Å². The third-order valence-corrected chi connectivity index (χ3v) is 6.76. The van der Waals surface area contributed by atoms with Crippen LogP contribution in [-0.4, -0.2) is 3.21 Å². The second-order valence-corrected chi connectivity index (χ2v) is 16.3. The van der Waals surface area contributed by atoms with Gasteiger partial charge in [-0.25, -0.2) is 6.08 Å². The third-order valence-electron chi connectivity index (χ3n) is 6.76. The molecule has 39 heavy (non-hydrogen) atoms. The molecule has 0 N–H and O–H groups in total. The molecule has 2 aliphatic carbocycles. The summed E-state index contributed by atoms with van der Waals surface area (Å²) in [5.41, 5.74) is 10.5. The standard InChI is InChI=1S/C21H25.C12H19.C3H6.2ClH.Zr/c1-20(2,3)16-7-9-18-14(12-16)11-15-13-17(21(4,5)6)8-10-19(15)18;1-5-6-10-7-8-11(9-10)12(2,3)4;1-3-2;;;/h7-10,12H,11H2,1-6H3;8-10H,5-6H2,1-4H3;1-2H3;2*1H;/q2*-1;;;;+2/p-2. The number of allylic oxidation sites excluding steroid dienone is 4. The molecular formula is C36H50Cl2Zr-2. The van der Waals surface area contributed by atoms with Crippen molar-refractivity contribution in [2.45, 2.75) is 113 Å². The van der Waals surface area contributed by atoms with Crippen molar-refractivity contribution in [3.8, 4) is 11.1 Å². The van der Waals surface area contributed by atoms with Crippen molar-refractivity contribution in [1.82, 2.24) is 0 Å². The average Bonchev–Trinajstić information content (AvgIpc) is 3.36. The summed E-state index contributed by atoms with van der Waals surface area (Å²) in [5, 5.41) is 0. The molecule has 0 aliphatic heterocycles. The summed E-state index contributed by atoms with van der Waals surface area (Å²) in [5.74, 6) is 0.587. The Labute approximate surface area is 268 Å². The Kier molecular flexibility index (Phi) is 15.2. The van der Waals surface area contributed by atoms with Crippen LogP contribution in [0.4, 0.5) is 0 Å². The van der Waals surface area contributed by atoms with Crippen LogP contribution in [0.2, 0.25) is 0 Å². The molecule has 0 aromatic heterocycles. The molecule has 0 saturated carbocycles. The maximum atomic E-state index is 3.67. The van der Waals surface area contributed by atoms with Crippen LogP contribution in [0.25, 0.3) is 11.1 Å². The van der Waals surface area contributed by atoms with Gasteiger partial charge < -0.3 is 24.8 Å². The summed E-state index contributed by atoms with van der Waals surface area (Å²) in [4.78, 5) is 0. The number of halogens is 2. The van der Waals surface area contributed by atoms with E-state index in [0.29, 0.717) is 11.3 Å². The molecule has 4 rings (SSSR count). The first kappa shape index (κ1) is 38.3. The Hall–Kier alpha value is -0.747. The van der Waals surface area contributed by atoms with E-state index in [1.165, 1.54) is 55.0 Å². The van der Waals surface area contributed by atoms with E-state index in [9.17, 15) is 0 Å². The number of hydrogen-bond acceptors (Lipinski definition) is 0. The predicted octanol–water partition coefficient (Wildman–Crippen LogP) is 4.15. The molecule has 2 aromatic rings. The molecule has 0 amide bonds. The Morgan fingerprint density at radius 2 is 1.41 bits per heavy atom. The molecular weight excluding hydrogens is 595 g/mol. The molecule has 0 fully saturated rings. The van der Waals surface area contributed by atoms with E-state index in [4.69, 9.17) is 0 Å². The van der Waals surface area contributed by atoms with E-state index in [1.807, 2.05) is 0 Å². The van der Waals surface area contributed by atoms with E-state index in [2.05, 4.69) is 138 Å². The summed E-state index contributed by atoms with van der Waals surface area (Å²) >= 11 is 1.55. The van der Waals surface area contributed by atoms with Crippen LogP contribution in [0.3, 0.4) is 0 Å². The fraction of sp³-hybridized carbons (Fsp3) is 0.528. The zero-order valence-electron chi connectivity index (χ0n) is 26.5. The van der Waals surface area contributed by atoms with E-state index >= 15 is 0 Å². The zero-order chi connectivity index (χ0) is 28.2. The van der Waals surface area contributed by atoms with E-state index in [1.54, 1.807) is 24.2 Å². The molecule has 0 saturated heterocycles.